The summed E-state index contributed by atoms with van der Waals surface area (Å²) >= 11 is 1.17. The molecule has 3 aromatic rings. The summed E-state index contributed by atoms with van der Waals surface area (Å²) in [7, 11) is 0. The molecule has 1 aromatic heterocycles. The average Bonchev–Trinajstić information content (AvgIpc) is 3.16. The van der Waals surface area contributed by atoms with Crippen molar-refractivity contribution in [3.63, 3.8) is 0 Å². The van der Waals surface area contributed by atoms with Gasteiger partial charge in [-0.05, 0) is 41.2 Å². The Balaban J connectivity index is 1.47. The number of amides is 1. The predicted octanol–water partition coefficient (Wildman–Crippen LogP) is 4.62. The molecule has 0 bridgehead atoms. The number of nitrogens with one attached hydrogen (secondary N) is 1. The Kier molecular flexibility index (Phi) is 6.69. The first-order chi connectivity index (χ1) is 13.8. The van der Waals surface area contributed by atoms with Crippen LogP contribution in [-0.4, -0.2) is 28.4 Å². The van der Waals surface area contributed by atoms with E-state index in [1.54, 1.807) is 18.2 Å². The normalized spacial score (nSPS) is 11.4. The number of carbonyl (C=O) groups excluding carboxylic acids is 1. The minimum absolute atomic E-state index is 0.0774. The monoisotopic (exact) mass is 413 g/mol. The van der Waals surface area contributed by atoms with Crippen molar-refractivity contribution in [2.75, 3.05) is 12.3 Å². The van der Waals surface area contributed by atoms with Crippen LogP contribution in [0.4, 0.5) is 4.39 Å². The molecule has 7 heteroatoms. The van der Waals surface area contributed by atoms with E-state index < -0.39 is 0 Å². The second-order valence-corrected chi connectivity index (χ2v) is 8.61. The van der Waals surface area contributed by atoms with Gasteiger partial charge in [0, 0.05) is 12.1 Å². The van der Waals surface area contributed by atoms with E-state index in [9.17, 15) is 9.18 Å². The van der Waals surface area contributed by atoms with E-state index >= 15 is 0 Å². The van der Waals surface area contributed by atoms with Crippen LogP contribution >= 0.6 is 11.8 Å². The molecule has 1 N–H and O–H groups in total. The summed E-state index contributed by atoms with van der Waals surface area (Å²) in [5, 5.41) is 11.2. The van der Waals surface area contributed by atoms with Crippen molar-refractivity contribution in [2.24, 2.45) is 0 Å². The summed E-state index contributed by atoms with van der Waals surface area (Å²) in [6, 6.07) is 14.6. The number of hydrogen-bond acceptors (Lipinski definition) is 5. The Labute approximate surface area is 174 Å². The highest BCUT2D eigenvalue weighted by atomic mass is 32.2. The molecule has 0 radical (unpaired) electrons. The lowest BCUT2D eigenvalue weighted by molar-refractivity contribution is -0.118. The number of nitrogens with zero attached hydrogens (tertiary/aromatic N) is 2. The molecule has 0 unspecified atom stereocenters. The molecular formula is C22H24FN3O2S. The van der Waals surface area contributed by atoms with Crippen molar-refractivity contribution in [1.82, 2.24) is 15.5 Å². The van der Waals surface area contributed by atoms with Crippen LogP contribution < -0.4 is 5.32 Å². The molecule has 0 saturated heterocycles. The predicted molar refractivity (Wildman–Crippen MR) is 112 cm³/mol. The molecule has 0 saturated carbocycles. The maximum absolute atomic E-state index is 13.6. The first-order valence-electron chi connectivity index (χ1n) is 9.40. The van der Waals surface area contributed by atoms with Crippen LogP contribution in [0.2, 0.25) is 0 Å². The summed E-state index contributed by atoms with van der Waals surface area (Å²) in [4.78, 5) is 12.0. The Morgan fingerprint density at radius 3 is 2.52 bits per heavy atom. The van der Waals surface area contributed by atoms with Gasteiger partial charge in [0.25, 0.3) is 5.22 Å². The molecule has 3 rings (SSSR count). The molecule has 0 aliphatic rings. The topological polar surface area (TPSA) is 68.0 Å². The zero-order valence-electron chi connectivity index (χ0n) is 16.7. The van der Waals surface area contributed by atoms with E-state index in [0.717, 1.165) is 5.56 Å². The molecule has 2 aromatic carbocycles. The van der Waals surface area contributed by atoms with Gasteiger partial charge in [-0.25, -0.2) is 4.39 Å². The fraction of sp³-hybridized carbons (Fsp3) is 0.318. The Hall–Kier alpha value is -2.67. The number of aromatic nitrogens is 2. The van der Waals surface area contributed by atoms with E-state index in [2.05, 4.69) is 48.4 Å². The van der Waals surface area contributed by atoms with Crippen LogP contribution in [0.5, 0.6) is 0 Å². The number of rotatable bonds is 7. The summed E-state index contributed by atoms with van der Waals surface area (Å²) < 4.78 is 19.2. The van der Waals surface area contributed by atoms with E-state index in [-0.39, 0.29) is 22.9 Å². The van der Waals surface area contributed by atoms with Crippen molar-refractivity contribution in [3.8, 4) is 11.5 Å². The van der Waals surface area contributed by atoms with Crippen molar-refractivity contribution in [2.45, 2.75) is 37.8 Å². The number of halogens is 1. The van der Waals surface area contributed by atoms with Crippen LogP contribution in [-0.2, 0) is 16.6 Å². The number of carbonyl (C=O) groups is 1. The van der Waals surface area contributed by atoms with Gasteiger partial charge in [0.05, 0.1) is 5.75 Å². The smallest absolute Gasteiger partial charge is 0.277 e. The lowest BCUT2D eigenvalue weighted by atomic mass is 9.87. The Morgan fingerprint density at radius 2 is 1.83 bits per heavy atom. The molecular weight excluding hydrogens is 389 g/mol. The number of benzene rings is 2. The lowest BCUT2D eigenvalue weighted by Crippen LogP contribution is -2.27. The first-order valence-corrected chi connectivity index (χ1v) is 10.4. The third-order valence-electron chi connectivity index (χ3n) is 4.41. The van der Waals surface area contributed by atoms with Gasteiger partial charge < -0.3 is 9.73 Å². The maximum atomic E-state index is 13.6. The molecule has 0 aliphatic carbocycles. The zero-order valence-corrected chi connectivity index (χ0v) is 17.6. The molecule has 152 valence electrons. The Morgan fingerprint density at radius 1 is 1.10 bits per heavy atom. The molecule has 1 amide bonds. The number of hydrogen-bond donors (Lipinski definition) is 1. The second kappa shape index (κ2) is 9.22. The van der Waals surface area contributed by atoms with Crippen LogP contribution in [0.25, 0.3) is 11.5 Å². The van der Waals surface area contributed by atoms with Crippen molar-refractivity contribution >= 4 is 17.7 Å². The maximum Gasteiger partial charge on any atom is 0.277 e. The van der Waals surface area contributed by atoms with E-state index in [1.807, 2.05) is 12.1 Å². The molecule has 1 heterocycles. The van der Waals surface area contributed by atoms with Crippen molar-refractivity contribution < 1.29 is 13.6 Å². The van der Waals surface area contributed by atoms with Gasteiger partial charge in [0.2, 0.25) is 11.8 Å². The molecule has 29 heavy (non-hydrogen) atoms. The molecule has 0 spiro atoms. The molecule has 0 fully saturated rings. The number of thioether (sulfide) groups is 1. The first kappa shape index (κ1) is 21.0. The lowest BCUT2D eigenvalue weighted by Gasteiger charge is -2.18. The van der Waals surface area contributed by atoms with Gasteiger partial charge in [-0.2, -0.15) is 0 Å². The van der Waals surface area contributed by atoms with Gasteiger partial charge in [-0.3, -0.25) is 4.79 Å². The second-order valence-electron chi connectivity index (χ2n) is 7.68. The minimum Gasteiger partial charge on any atom is -0.411 e. The van der Waals surface area contributed by atoms with Gasteiger partial charge in [0.1, 0.15) is 5.82 Å². The Bertz CT molecular complexity index is 965. The minimum atomic E-state index is -0.259. The highest BCUT2D eigenvalue weighted by molar-refractivity contribution is 7.99. The summed E-state index contributed by atoms with van der Waals surface area (Å²) in [6.07, 6.45) is 0.443. The van der Waals surface area contributed by atoms with Crippen molar-refractivity contribution in [1.29, 1.82) is 0 Å². The summed E-state index contributed by atoms with van der Waals surface area (Å²) in [5.74, 6) is 0.153. The highest BCUT2D eigenvalue weighted by Gasteiger charge is 2.15. The third-order valence-corrected chi connectivity index (χ3v) is 5.22. The van der Waals surface area contributed by atoms with E-state index in [4.69, 9.17) is 4.42 Å². The fourth-order valence-corrected chi connectivity index (χ4v) is 3.31. The third kappa shape index (κ3) is 5.90. The fourth-order valence-electron chi connectivity index (χ4n) is 2.71. The summed E-state index contributed by atoms with van der Waals surface area (Å²) in [6.45, 7) is 6.84. The largest absolute Gasteiger partial charge is 0.411 e. The molecule has 0 atom stereocenters. The van der Waals surface area contributed by atoms with Gasteiger partial charge in [-0.15, -0.1) is 10.2 Å². The molecule has 5 nitrogen and oxygen atoms in total. The van der Waals surface area contributed by atoms with Gasteiger partial charge in [0.15, 0.2) is 0 Å². The van der Waals surface area contributed by atoms with Crippen LogP contribution in [0.3, 0.4) is 0 Å². The highest BCUT2D eigenvalue weighted by Crippen LogP contribution is 2.27. The van der Waals surface area contributed by atoms with E-state index in [1.165, 1.54) is 23.4 Å². The zero-order chi connectivity index (χ0) is 20.9. The molecule has 0 aliphatic heterocycles. The van der Waals surface area contributed by atoms with Crippen LogP contribution in [0.1, 0.15) is 31.9 Å². The average molecular weight is 414 g/mol. The van der Waals surface area contributed by atoms with Gasteiger partial charge >= 0.3 is 0 Å². The van der Waals surface area contributed by atoms with Crippen molar-refractivity contribution in [3.05, 3.63) is 65.5 Å². The SMILES string of the molecule is CC(C)(C)c1ccc(-c2nnc(SCC(=O)NCCc3ccccc3F)o2)cc1. The quantitative estimate of drug-likeness (QED) is 0.572. The van der Waals surface area contributed by atoms with Gasteiger partial charge in [-0.1, -0.05) is 62.9 Å². The van der Waals surface area contributed by atoms with Crippen LogP contribution in [0.15, 0.2) is 58.2 Å². The van der Waals surface area contributed by atoms with E-state index in [0.29, 0.717) is 29.6 Å². The van der Waals surface area contributed by atoms with Crippen LogP contribution in [0, 0.1) is 5.82 Å². The summed E-state index contributed by atoms with van der Waals surface area (Å²) in [5.41, 5.74) is 2.72. The standard InChI is InChI=1S/C22H24FN3O2S/c1-22(2,3)17-10-8-16(9-11-17)20-25-26-21(28-20)29-14-19(27)24-13-12-15-6-4-5-7-18(15)23/h4-11H,12-14H2,1-3H3,(H,24,27).